The Bertz CT molecular complexity index is 611. The average Bonchev–Trinajstić information content (AvgIpc) is 2.72. The van der Waals surface area contributed by atoms with E-state index in [2.05, 4.69) is 6.07 Å². The smallest absolute Gasteiger partial charge is 0.129 e. The number of benzene rings is 2. The van der Waals surface area contributed by atoms with Gasteiger partial charge in [0.1, 0.15) is 17.7 Å². The van der Waals surface area contributed by atoms with Gasteiger partial charge in [0.05, 0.1) is 6.04 Å². The topological polar surface area (TPSA) is 35.2 Å². The molecule has 0 radical (unpaired) electrons. The molecule has 2 atom stereocenters. The molecular formula is C16H16FNO. The molecule has 98 valence electrons. The Kier molecular flexibility index (Phi) is 2.99. The lowest BCUT2D eigenvalue weighted by Crippen LogP contribution is -2.27. The van der Waals surface area contributed by atoms with E-state index < -0.39 is 0 Å². The molecule has 3 rings (SSSR count). The molecule has 2 N–H and O–H groups in total. The zero-order valence-corrected chi connectivity index (χ0v) is 10.8. The highest BCUT2D eigenvalue weighted by Crippen LogP contribution is 2.32. The van der Waals surface area contributed by atoms with E-state index >= 15 is 0 Å². The maximum Gasteiger partial charge on any atom is 0.129 e. The second-order valence-corrected chi connectivity index (χ2v) is 5.00. The van der Waals surface area contributed by atoms with Crippen LogP contribution in [0.5, 0.6) is 5.75 Å². The summed E-state index contributed by atoms with van der Waals surface area (Å²) in [5, 5.41) is 0. The summed E-state index contributed by atoms with van der Waals surface area (Å²) < 4.78 is 19.3. The fraction of sp³-hybridized carbons (Fsp3) is 0.250. The van der Waals surface area contributed by atoms with Crippen molar-refractivity contribution in [3.8, 4) is 5.75 Å². The van der Waals surface area contributed by atoms with Crippen LogP contribution in [0.25, 0.3) is 0 Å². The first-order valence-corrected chi connectivity index (χ1v) is 6.41. The Morgan fingerprint density at radius 1 is 1.21 bits per heavy atom. The van der Waals surface area contributed by atoms with Crippen molar-refractivity contribution in [3.63, 3.8) is 0 Å². The summed E-state index contributed by atoms with van der Waals surface area (Å²) >= 11 is 0. The van der Waals surface area contributed by atoms with Crippen molar-refractivity contribution in [2.75, 3.05) is 0 Å². The van der Waals surface area contributed by atoms with Crippen LogP contribution >= 0.6 is 0 Å². The van der Waals surface area contributed by atoms with Gasteiger partial charge in [-0.15, -0.1) is 0 Å². The molecule has 0 aliphatic heterocycles. The lowest BCUT2D eigenvalue weighted by molar-refractivity contribution is 0.184. The fourth-order valence-corrected chi connectivity index (χ4v) is 2.53. The van der Waals surface area contributed by atoms with Gasteiger partial charge in [0, 0.05) is 12.5 Å². The van der Waals surface area contributed by atoms with Gasteiger partial charge in [-0.3, -0.25) is 0 Å². The van der Waals surface area contributed by atoms with E-state index in [0.717, 1.165) is 12.0 Å². The molecule has 0 bridgehead atoms. The van der Waals surface area contributed by atoms with Gasteiger partial charge in [-0.1, -0.05) is 30.3 Å². The third kappa shape index (κ3) is 2.22. The van der Waals surface area contributed by atoms with Crippen molar-refractivity contribution in [3.05, 3.63) is 65.0 Å². The van der Waals surface area contributed by atoms with Crippen molar-refractivity contribution in [1.82, 2.24) is 0 Å². The van der Waals surface area contributed by atoms with Crippen LogP contribution in [-0.4, -0.2) is 6.10 Å². The molecule has 0 saturated heterocycles. The molecule has 2 nitrogen and oxygen atoms in total. The molecule has 0 amide bonds. The highest BCUT2D eigenvalue weighted by Gasteiger charge is 2.30. The minimum atomic E-state index is -0.249. The van der Waals surface area contributed by atoms with Gasteiger partial charge in [-0.05, 0) is 29.7 Å². The summed E-state index contributed by atoms with van der Waals surface area (Å²) in [6.07, 6.45) is 0.645. The van der Waals surface area contributed by atoms with Crippen LogP contribution < -0.4 is 10.5 Å². The van der Waals surface area contributed by atoms with Crippen molar-refractivity contribution in [2.45, 2.75) is 25.5 Å². The van der Waals surface area contributed by atoms with Crippen LogP contribution in [0.3, 0.4) is 0 Å². The molecule has 3 heteroatoms. The molecule has 0 fully saturated rings. The predicted octanol–water partition coefficient (Wildman–Crippen LogP) is 3.14. The standard InChI is InChI=1S/C16H16FNO/c1-10-6-7-12(9-14(10)17)19-15-8-11-4-2-3-5-13(11)16(15)18/h2-7,9,15-16H,8,18H2,1H3. The van der Waals surface area contributed by atoms with Gasteiger partial charge in [0.25, 0.3) is 0 Å². The molecule has 2 aromatic carbocycles. The second-order valence-electron chi connectivity index (χ2n) is 5.00. The molecular weight excluding hydrogens is 241 g/mol. The number of aryl methyl sites for hydroxylation is 1. The zero-order valence-electron chi connectivity index (χ0n) is 10.8. The van der Waals surface area contributed by atoms with Gasteiger partial charge >= 0.3 is 0 Å². The largest absolute Gasteiger partial charge is 0.488 e. The van der Waals surface area contributed by atoms with E-state index in [1.807, 2.05) is 18.2 Å². The summed E-state index contributed by atoms with van der Waals surface area (Å²) in [4.78, 5) is 0. The van der Waals surface area contributed by atoms with Crippen LogP contribution in [0.1, 0.15) is 22.7 Å². The fourth-order valence-electron chi connectivity index (χ4n) is 2.53. The van der Waals surface area contributed by atoms with Gasteiger partial charge < -0.3 is 10.5 Å². The Morgan fingerprint density at radius 3 is 2.74 bits per heavy atom. The average molecular weight is 257 g/mol. The van der Waals surface area contributed by atoms with Gasteiger partial charge in [0.15, 0.2) is 0 Å². The van der Waals surface area contributed by atoms with E-state index in [0.29, 0.717) is 11.3 Å². The number of hydrogen-bond donors (Lipinski definition) is 1. The number of hydrogen-bond acceptors (Lipinski definition) is 2. The molecule has 2 unspecified atom stereocenters. The lowest BCUT2D eigenvalue weighted by Gasteiger charge is -2.18. The lowest BCUT2D eigenvalue weighted by atomic mass is 10.1. The zero-order chi connectivity index (χ0) is 13.4. The van der Waals surface area contributed by atoms with Crippen LogP contribution in [0.2, 0.25) is 0 Å². The molecule has 0 heterocycles. The van der Waals surface area contributed by atoms with Crippen molar-refractivity contribution < 1.29 is 9.13 Å². The predicted molar refractivity (Wildman–Crippen MR) is 72.6 cm³/mol. The van der Waals surface area contributed by atoms with Gasteiger partial charge in [0.2, 0.25) is 0 Å². The molecule has 2 aromatic rings. The molecule has 1 aliphatic rings. The first-order chi connectivity index (χ1) is 9.15. The third-order valence-electron chi connectivity index (χ3n) is 3.67. The Labute approximate surface area is 112 Å². The first kappa shape index (κ1) is 12.2. The monoisotopic (exact) mass is 257 g/mol. The SMILES string of the molecule is Cc1ccc(OC2Cc3ccccc3C2N)cc1F. The van der Waals surface area contributed by atoms with E-state index in [9.17, 15) is 4.39 Å². The first-order valence-electron chi connectivity index (χ1n) is 6.41. The van der Waals surface area contributed by atoms with Crippen molar-refractivity contribution in [2.24, 2.45) is 5.73 Å². The molecule has 0 aromatic heterocycles. The maximum atomic E-state index is 13.5. The van der Waals surface area contributed by atoms with E-state index in [-0.39, 0.29) is 18.0 Å². The summed E-state index contributed by atoms with van der Waals surface area (Å²) in [5.74, 6) is 0.290. The highest BCUT2D eigenvalue weighted by atomic mass is 19.1. The quantitative estimate of drug-likeness (QED) is 0.897. The van der Waals surface area contributed by atoms with E-state index in [1.54, 1.807) is 19.1 Å². The minimum Gasteiger partial charge on any atom is -0.488 e. The van der Waals surface area contributed by atoms with Crippen LogP contribution in [0, 0.1) is 12.7 Å². The third-order valence-corrected chi connectivity index (χ3v) is 3.67. The van der Waals surface area contributed by atoms with Gasteiger partial charge in [-0.2, -0.15) is 0 Å². The minimum absolute atomic E-state index is 0.125. The number of halogens is 1. The molecule has 1 aliphatic carbocycles. The molecule has 19 heavy (non-hydrogen) atoms. The second kappa shape index (κ2) is 4.67. The Hall–Kier alpha value is -1.87. The van der Waals surface area contributed by atoms with Crippen molar-refractivity contribution in [1.29, 1.82) is 0 Å². The maximum absolute atomic E-state index is 13.5. The number of fused-ring (bicyclic) bond motifs is 1. The van der Waals surface area contributed by atoms with Crippen LogP contribution in [0.4, 0.5) is 4.39 Å². The Morgan fingerprint density at radius 2 is 2.00 bits per heavy atom. The van der Waals surface area contributed by atoms with Crippen molar-refractivity contribution >= 4 is 0 Å². The highest BCUT2D eigenvalue weighted by molar-refractivity contribution is 5.37. The van der Waals surface area contributed by atoms with E-state index in [1.165, 1.54) is 11.6 Å². The van der Waals surface area contributed by atoms with E-state index in [4.69, 9.17) is 10.5 Å². The summed E-state index contributed by atoms with van der Waals surface area (Å²) in [6.45, 7) is 1.73. The molecule has 0 spiro atoms. The Balaban J connectivity index is 1.80. The van der Waals surface area contributed by atoms with Crippen LogP contribution in [0.15, 0.2) is 42.5 Å². The summed E-state index contributed by atoms with van der Waals surface area (Å²) in [6, 6.07) is 12.8. The number of ether oxygens (including phenoxy) is 1. The van der Waals surface area contributed by atoms with Gasteiger partial charge in [-0.25, -0.2) is 4.39 Å². The number of nitrogens with two attached hydrogens (primary N) is 1. The summed E-state index contributed by atoms with van der Waals surface area (Å²) in [5.41, 5.74) is 9.15. The number of rotatable bonds is 2. The van der Waals surface area contributed by atoms with Crippen LogP contribution in [-0.2, 0) is 6.42 Å². The summed E-state index contributed by atoms with van der Waals surface area (Å²) in [7, 11) is 0. The molecule has 0 saturated carbocycles. The normalized spacial score (nSPS) is 21.2.